The van der Waals surface area contributed by atoms with E-state index in [-0.39, 0.29) is 31.6 Å². The van der Waals surface area contributed by atoms with Crippen LogP contribution in [-0.4, -0.2) is 54.4 Å². The van der Waals surface area contributed by atoms with Crippen molar-refractivity contribution in [3.05, 3.63) is 36.5 Å². The largest absolute Gasteiger partial charge is 0.393 e. The molecule has 0 spiro atoms. The van der Waals surface area contributed by atoms with Gasteiger partial charge < -0.3 is 9.80 Å². The fraction of sp³-hybridized carbons (Fsp3) is 0.450. The number of carbonyl (C=O) groups excluding carboxylic acids is 1. The molecule has 0 aromatic carbocycles. The van der Waals surface area contributed by atoms with Crippen molar-refractivity contribution in [3.63, 3.8) is 0 Å². The highest BCUT2D eigenvalue weighted by Gasteiger charge is 2.45. The van der Waals surface area contributed by atoms with Gasteiger partial charge in [-0.05, 0) is 43.2 Å². The number of hydrogen-bond acceptors (Lipinski definition) is 5. The summed E-state index contributed by atoms with van der Waals surface area (Å²) < 4.78 is 39.2. The minimum Gasteiger partial charge on any atom is -0.366 e. The summed E-state index contributed by atoms with van der Waals surface area (Å²) in [5, 5.41) is 2.76. The summed E-state index contributed by atoms with van der Waals surface area (Å²) >= 11 is 0. The lowest BCUT2D eigenvalue weighted by Gasteiger charge is -2.36. The van der Waals surface area contributed by atoms with Crippen LogP contribution >= 0.6 is 0 Å². The molecule has 2 amide bonds. The topological polar surface area (TPSA) is 64.6 Å². The maximum atomic E-state index is 13.1. The van der Waals surface area contributed by atoms with E-state index in [9.17, 15) is 18.0 Å². The second-order valence-corrected chi connectivity index (χ2v) is 7.76. The summed E-state index contributed by atoms with van der Waals surface area (Å²) in [7, 11) is 0. The van der Waals surface area contributed by atoms with E-state index >= 15 is 0 Å². The fourth-order valence-corrected chi connectivity index (χ4v) is 4.40. The van der Waals surface area contributed by atoms with Gasteiger partial charge in [-0.1, -0.05) is 0 Å². The number of rotatable bonds is 2. The zero-order valence-electron chi connectivity index (χ0n) is 16.0. The second-order valence-electron chi connectivity index (χ2n) is 7.76. The van der Waals surface area contributed by atoms with E-state index < -0.39 is 12.1 Å². The van der Waals surface area contributed by atoms with Gasteiger partial charge in [0.2, 0.25) is 0 Å². The number of carbonyl (C=O) groups is 1. The first-order valence-electron chi connectivity index (χ1n) is 9.83. The molecule has 10 heteroatoms. The molecular formula is C20H19F3N6O. The average molecular weight is 416 g/mol. The van der Waals surface area contributed by atoms with Crippen LogP contribution in [0.4, 0.5) is 41.1 Å². The Morgan fingerprint density at radius 1 is 1.13 bits per heavy atom. The molecule has 0 aliphatic carbocycles. The third kappa shape index (κ3) is 3.24. The number of anilines is 4. The Morgan fingerprint density at radius 2 is 1.97 bits per heavy atom. The lowest BCUT2D eigenvalue weighted by molar-refractivity contribution is -0.168. The molecule has 7 nitrogen and oxygen atoms in total. The smallest absolute Gasteiger partial charge is 0.366 e. The van der Waals surface area contributed by atoms with Gasteiger partial charge in [0.1, 0.15) is 11.6 Å². The zero-order valence-corrected chi connectivity index (χ0v) is 16.0. The van der Waals surface area contributed by atoms with Crippen LogP contribution in [0.1, 0.15) is 12.8 Å². The average Bonchev–Trinajstić information content (AvgIpc) is 3.37. The highest BCUT2D eigenvalue weighted by atomic mass is 19.4. The predicted molar refractivity (Wildman–Crippen MR) is 105 cm³/mol. The Balaban J connectivity index is 1.44. The van der Waals surface area contributed by atoms with Crippen LogP contribution in [-0.2, 0) is 0 Å². The third-order valence-corrected chi connectivity index (χ3v) is 5.93. The monoisotopic (exact) mass is 416 g/mol. The number of amides is 2. The Kier molecular flexibility index (Phi) is 4.34. The quantitative estimate of drug-likeness (QED) is 0.815. The maximum absolute atomic E-state index is 13.1. The molecule has 0 saturated carbocycles. The number of nitrogens with one attached hydrogen (secondary N) is 1. The molecule has 3 aliphatic heterocycles. The molecule has 1 N–H and O–H groups in total. The molecular weight excluding hydrogens is 397 g/mol. The SMILES string of the molecule is O=C(Nc1ccc#cn1)N1c2nc(N3CC[C@H](C(F)(F)F)C3)ccc2N2CC[C@H]1C2. The van der Waals surface area contributed by atoms with Crippen LogP contribution in [0.2, 0.25) is 0 Å². The Labute approximate surface area is 171 Å². The van der Waals surface area contributed by atoms with Crippen LogP contribution in [0, 0.1) is 18.2 Å². The summed E-state index contributed by atoms with van der Waals surface area (Å²) in [6, 6.07) is 9.07. The second kappa shape index (κ2) is 6.93. The molecule has 30 heavy (non-hydrogen) atoms. The van der Waals surface area contributed by atoms with Crippen molar-refractivity contribution in [2.24, 2.45) is 5.92 Å². The summed E-state index contributed by atoms with van der Waals surface area (Å²) in [5.41, 5.74) is 0.815. The molecule has 2 aromatic heterocycles. The lowest BCUT2D eigenvalue weighted by Crippen LogP contribution is -2.48. The fourth-order valence-electron chi connectivity index (χ4n) is 4.40. The van der Waals surface area contributed by atoms with E-state index in [1.54, 1.807) is 28.0 Å². The van der Waals surface area contributed by atoms with Gasteiger partial charge in [-0.2, -0.15) is 18.2 Å². The minimum absolute atomic E-state index is 0.0500. The normalized spacial score (nSPS) is 22.7. The number of nitrogens with zero attached hydrogens (tertiary/aromatic N) is 5. The summed E-state index contributed by atoms with van der Waals surface area (Å²) in [4.78, 5) is 27.1. The lowest BCUT2D eigenvalue weighted by atomic mass is 10.1. The van der Waals surface area contributed by atoms with Crippen molar-refractivity contribution in [1.29, 1.82) is 0 Å². The first-order chi connectivity index (χ1) is 14.4. The van der Waals surface area contributed by atoms with Crippen LogP contribution in [0.3, 0.4) is 0 Å². The van der Waals surface area contributed by atoms with E-state index in [0.29, 0.717) is 24.0 Å². The number of aromatic nitrogens is 2. The number of pyridine rings is 1. The number of hydrogen-bond donors (Lipinski definition) is 1. The van der Waals surface area contributed by atoms with E-state index in [1.807, 2.05) is 6.07 Å². The molecule has 5 rings (SSSR count). The molecule has 2 bridgehead atoms. The Hall–Kier alpha value is -3.22. The molecule has 2 atom stereocenters. The van der Waals surface area contributed by atoms with Crippen LogP contribution in [0.15, 0.2) is 24.3 Å². The predicted octanol–water partition coefficient (Wildman–Crippen LogP) is 3.10. The Bertz CT molecular complexity index is 953. The van der Waals surface area contributed by atoms with Gasteiger partial charge in [-0.15, -0.1) is 0 Å². The zero-order chi connectivity index (χ0) is 20.9. The van der Waals surface area contributed by atoms with Crippen molar-refractivity contribution < 1.29 is 18.0 Å². The third-order valence-electron chi connectivity index (χ3n) is 5.93. The van der Waals surface area contributed by atoms with Crippen molar-refractivity contribution >= 4 is 29.2 Å². The number of fused-ring (bicyclic) bond motifs is 4. The molecule has 156 valence electrons. The van der Waals surface area contributed by atoms with Gasteiger partial charge in [0.25, 0.3) is 0 Å². The molecule has 0 radical (unpaired) electrons. The van der Waals surface area contributed by atoms with Crippen molar-refractivity contribution in [1.82, 2.24) is 9.97 Å². The van der Waals surface area contributed by atoms with E-state index in [2.05, 4.69) is 32.4 Å². The minimum atomic E-state index is -4.21. The number of urea groups is 1. The van der Waals surface area contributed by atoms with E-state index in [1.165, 1.54) is 0 Å². The molecule has 2 aromatic rings. The van der Waals surface area contributed by atoms with E-state index in [4.69, 9.17) is 0 Å². The molecule has 0 unspecified atom stereocenters. The first-order valence-corrected chi connectivity index (χ1v) is 9.83. The summed E-state index contributed by atoms with van der Waals surface area (Å²) in [6.07, 6.45) is -0.815. The standard InChI is InChI=1S/C20H19F3N6O/c21-20(22,23)13-6-9-28(11-13)17-5-4-15-18(26-17)29(14-7-10-27(15)12-14)19(30)25-16-3-1-2-8-24-16/h1,3-5,13-14H,6-7,9-12H2,(H,24,25,30)/t13-,14-/m0/s1. The molecule has 2 fully saturated rings. The van der Waals surface area contributed by atoms with Gasteiger partial charge in [0, 0.05) is 32.4 Å². The van der Waals surface area contributed by atoms with Gasteiger partial charge in [0.05, 0.1) is 17.6 Å². The molecule has 2 saturated heterocycles. The highest BCUT2D eigenvalue weighted by molar-refractivity contribution is 6.04. The van der Waals surface area contributed by atoms with Gasteiger partial charge >= 0.3 is 12.2 Å². The number of alkyl halides is 3. The van der Waals surface area contributed by atoms with Gasteiger partial charge in [-0.25, -0.2) is 9.78 Å². The van der Waals surface area contributed by atoms with Crippen LogP contribution < -0.4 is 20.0 Å². The van der Waals surface area contributed by atoms with Crippen LogP contribution in [0.5, 0.6) is 0 Å². The molecule has 3 aliphatic rings. The Morgan fingerprint density at radius 3 is 2.70 bits per heavy atom. The maximum Gasteiger partial charge on any atom is 0.393 e. The van der Waals surface area contributed by atoms with Crippen molar-refractivity contribution in [3.8, 4) is 0 Å². The van der Waals surface area contributed by atoms with Gasteiger partial charge in [-0.3, -0.25) is 10.2 Å². The number of halogens is 3. The highest BCUT2D eigenvalue weighted by Crippen LogP contribution is 2.41. The van der Waals surface area contributed by atoms with Crippen molar-refractivity contribution in [2.45, 2.75) is 25.1 Å². The summed E-state index contributed by atoms with van der Waals surface area (Å²) in [5.74, 6) is -0.0708. The van der Waals surface area contributed by atoms with Gasteiger partial charge in [0.15, 0.2) is 5.82 Å². The van der Waals surface area contributed by atoms with E-state index in [0.717, 1.165) is 18.7 Å². The summed E-state index contributed by atoms with van der Waals surface area (Å²) in [6.45, 7) is 1.67. The van der Waals surface area contributed by atoms with Crippen LogP contribution in [0.25, 0.3) is 0 Å². The molecule has 5 heterocycles. The first kappa shape index (κ1) is 18.8. The van der Waals surface area contributed by atoms with Crippen molar-refractivity contribution in [2.75, 3.05) is 46.2 Å².